The van der Waals surface area contributed by atoms with Crippen molar-refractivity contribution in [2.45, 2.75) is 64.9 Å². The Morgan fingerprint density at radius 3 is 2.51 bits per heavy atom. The van der Waals surface area contributed by atoms with Crippen LogP contribution in [0.1, 0.15) is 69.9 Å². The van der Waals surface area contributed by atoms with Crippen molar-refractivity contribution < 1.29 is 19.1 Å². The molecule has 37 heavy (non-hydrogen) atoms. The Bertz CT molecular complexity index is 987. The predicted octanol–water partition coefficient (Wildman–Crippen LogP) is 6.73. The number of carbonyl (C=O) groups is 1. The molecule has 0 radical (unpaired) electrons. The predicted molar refractivity (Wildman–Crippen MR) is 150 cm³/mol. The second-order valence-electron chi connectivity index (χ2n) is 9.79. The third kappa shape index (κ3) is 10.0. The highest BCUT2D eigenvalue weighted by atomic mass is 35.5. The zero-order valence-corrected chi connectivity index (χ0v) is 23.2. The van der Waals surface area contributed by atoms with Crippen LogP contribution in [0.2, 0.25) is 5.02 Å². The maximum atomic E-state index is 11.6. The normalized spacial score (nSPS) is 15.8. The number of carbonyl (C=O) groups excluding carboxylic acids is 1. The van der Waals surface area contributed by atoms with Gasteiger partial charge in [-0.15, -0.1) is 0 Å². The number of rotatable bonds is 14. The van der Waals surface area contributed by atoms with Gasteiger partial charge < -0.3 is 14.3 Å². The second kappa shape index (κ2) is 15.6. The molecule has 0 amide bonds. The molecule has 2 aromatic rings. The zero-order valence-electron chi connectivity index (χ0n) is 22.5. The number of halogens is 1. The molecule has 202 valence electrons. The van der Waals surface area contributed by atoms with Crippen molar-refractivity contribution in [3.05, 3.63) is 64.7 Å². The van der Waals surface area contributed by atoms with Crippen molar-refractivity contribution in [2.75, 3.05) is 33.4 Å². The molecule has 1 aliphatic heterocycles. The van der Waals surface area contributed by atoms with E-state index in [0.29, 0.717) is 17.5 Å². The first-order chi connectivity index (χ1) is 18.0. The van der Waals surface area contributed by atoms with Gasteiger partial charge in [-0.2, -0.15) is 0 Å². The maximum Gasteiger partial charge on any atom is 0.302 e. The number of nitrogens with zero attached hydrogens (tertiary/aromatic N) is 2. The van der Waals surface area contributed by atoms with Gasteiger partial charge in [-0.25, -0.2) is 0 Å². The Morgan fingerprint density at radius 1 is 1.08 bits per heavy atom. The smallest absolute Gasteiger partial charge is 0.302 e. The number of hydrogen-bond donors (Lipinski definition) is 0. The molecule has 0 spiro atoms. The number of hydrogen-bond acceptors (Lipinski definition) is 6. The Labute approximate surface area is 226 Å². The van der Waals surface area contributed by atoms with Crippen molar-refractivity contribution in [2.24, 2.45) is 11.1 Å². The van der Waals surface area contributed by atoms with Gasteiger partial charge >= 0.3 is 5.97 Å². The van der Waals surface area contributed by atoms with E-state index in [1.54, 1.807) is 7.11 Å². The summed E-state index contributed by atoms with van der Waals surface area (Å²) >= 11 is 6.05. The SMILES string of the molecule is CCCCCC[C@@H](CN1CCC(COc2cccc(/C(=N/OC)c3ccc(Cl)cc3)c2)CC1)OC(C)=O. The molecule has 1 heterocycles. The van der Waals surface area contributed by atoms with Crippen molar-refractivity contribution in [1.82, 2.24) is 4.90 Å². The number of unbranched alkanes of at least 4 members (excludes halogenated alkanes) is 3. The molecule has 0 saturated carbocycles. The Balaban J connectivity index is 1.50. The first-order valence-corrected chi connectivity index (χ1v) is 13.9. The quantitative estimate of drug-likeness (QED) is 0.118. The third-order valence-electron chi connectivity index (χ3n) is 6.77. The van der Waals surface area contributed by atoms with E-state index in [4.69, 9.17) is 25.9 Å². The largest absolute Gasteiger partial charge is 0.493 e. The summed E-state index contributed by atoms with van der Waals surface area (Å²) in [5.74, 6) is 1.14. The van der Waals surface area contributed by atoms with Crippen LogP contribution in [0.3, 0.4) is 0 Å². The fourth-order valence-corrected chi connectivity index (χ4v) is 4.89. The lowest BCUT2D eigenvalue weighted by Gasteiger charge is -2.34. The minimum atomic E-state index is -0.180. The molecule has 0 aromatic heterocycles. The van der Waals surface area contributed by atoms with Crippen molar-refractivity contribution in [1.29, 1.82) is 0 Å². The van der Waals surface area contributed by atoms with Crippen LogP contribution in [0.25, 0.3) is 0 Å². The summed E-state index contributed by atoms with van der Waals surface area (Å²) in [5.41, 5.74) is 2.58. The average molecular weight is 529 g/mol. The lowest BCUT2D eigenvalue weighted by molar-refractivity contribution is -0.147. The fraction of sp³-hybridized carbons (Fsp3) is 0.533. The van der Waals surface area contributed by atoms with E-state index >= 15 is 0 Å². The van der Waals surface area contributed by atoms with Gasteiger partial charge in [0.05, 0.1) is 6.61 Å². The summed E-state index contributed by atoms with van der Waals surface area (Å²) in [6.45, 7) is 7.23. The van der Waals surface area contributed by atoms with E-state index in [1.165, 1.54) is 26.2 Å². The minimum absolute atomic E-state index is 0.00602. The molecule has 6 nitrogen and oxygen atoms in total. The van der Waals surface area contributed by atoms with Crippen LogP contribution in [-0.4, -0.2) is 56.0 Å². The van der Waals surface area contributed by atoms with Crippen LogP contribution in [0, 0.1) is 5.92 Å². The summed E-state index contributed by atoms with van der Waals surface area (Å²) in [6, 6.07) is 15.5. The van der Waals surface area contributed by atoms with Crippen molar-refractivity contribution in [3.8, 4) is 5.75 Å². The topological polar surface area (TPSA) is 60.4 Å². The number of oxime groups is 1. The maximum absolute atomic E-state index is 11.6. The van der Waals surface area contributed by atoms with Gasteiger partial charge in [0.15, 0.2) is 0 Å². The molecular weight excluding hydrogens is 488 g/mol. The molecule has 0 N–H and O–H groups in total. The molecule has 1 atom stereocenters. The van der Waals surface area contributed by atoms with E-state index in [0.717, 1.165) is 67.9 Å². The Kier molecular flexibility index (Phi) is 12.2. The second-order valence-corrected chi connectivity index (χ2v) is 10.2. The van der Waals surface area contributed by atoms with Gasteiger partial charge in [0, 0.05) is 29.6 Å². The van der Waals surface area contributed by atoms with E-state index in [-0.39, 0.29) is 12.1 Å². The summed E-state index contributed by atoms with van der Waals surface area (Å²) in [4.78, 5) is 19.1. The number of esters is 1. The van der Waals surface area contributed by atoms with Crippen LogP contribution in [0.4, 0.5) is 0 Å². The molecule has 1 saturated heterocycles. The summed E-state index contributed by atoms with van der Waals surface area (Å²) in [7, 11) is 1.55. The molecule has 1 aliphatic rings. The standard InChI is InChI=1S/C30H41ClN2O4/c1-4-5-6-7-10-29(37-23(2)34)21-33-18-16-24(17-19-33)22-36-28-11-8-9-26(20-28)30(32-35-3)25-12-14-27(31)15-13-25/h8-9,11-15,20,24,29H,4-7,10,16-19,21-22H2,1-3H3/b32-30+/t29-/m0/s1. The summed E-state index contributed by atoms with van der Waals surface area (Å²) in [5, 5.41) is 4.92. The van der Waals surface area contributed by atoms with E-state index in [9.17, 15) is 4.79 Å². The summed E-state index contributed by atoms with van der Waals surface area (Å²) < 4.78 is 11.8. The Hall–Kier alpha value is -2.57. The summed E-state index contributed by atoms with van der Waals surface area (Å²) in [6.07, 6.45) is 7.85. The zero-order chi connectivity index (χ0) is 26.5. The van der Waals surface area contributed by atoms with E-state index in [2.05, 4.69) is 17.0 Å². The number of piperidine rings is 1. The van der Waals surface area contributed by atoms with E-state index < -0.39 is 0 Å². The molecular formula is C30H41ClN2O4. The van der Waals surface area contributed by atoms with Crippen LogP contribution in [-0.2, 0) is 14.4 Å². The van der Waals surface area contributed by atoms with Gasteiger partial charge in [-0.1, -0.05) is 67.2 Å². The first-order valence-electron chi connectivity index (χ1n) is 13.5. The van der Waals surface area contributed by atoms with Crippen molar-refractivity contribution in [3.63, 3.8) is 0 Å². The van der Waals surface area contributed by atoms with Crippen LogP contribution < -0.4 is 4.74 Å². The minimum Gasteiger partial charge on any atom is -0.493 e. The molecule has 0 unspecified atom stereocenters. The van der Waals surface area contributed by atoms with Gasteiger partial charge in [0.1, 0.15) is 24.7 Å². The molecule has 7 heteroatoms. The highest BCUT2D eigenvalue weighted by Crippen LogP contribution is 2.23. The Morgan fingerprint density at radius 2 is 1.84 bits per heavy atom. The monoisotopic (exact) mass is 528 g/mol. The lowest BCUT2D eigenvalue weighted by Crippen LogP contribution is -2.41. The fourth-order valence-electron chi connectivity index (χ4n) is 4.76. The van der Waals surface area contributed by atoms with Crippen LogP contribution >= 0.6 is 11.6 Å². The molecule has 0 aliphatic carbocycles. The van der Waals surface area contributed by atoms with Crippen molar-refractivity contribution >= 4 is 23.3 Å². The molecule has 0 bridgehead atoms. The van der Waals surface area contributed by atoms with Crippen LogP contribution in [0.5, 0.6) is 5.75 Å². The molecule has 2 aromatic carbocycles. The third-order valence-corrected chi connectivity index (χ3v) is 7.03. The van der Waals surface area contributed by atoms with Gasteiger partial charge in [-0.05, 0) is 69.0 Å². The van der Waals surface area contributed by atoms with Gasteiger partial charge in [0.25, 0.3) is 0 Å². The number of ether oxygens (including phenoxy) is 2. The lowest BCUT2D eigenvalue weighted by atomic mass is 9.97. The van der Waals surface area contributed by atoms with E-state index in [1.807, 2.05) is 48.5 Å². The van der Waals surface area contributed by atoms with Crippen LogP contribution in [0.15, 0.2) is 53.7 Å². The molecule has 3 rings (SSSR count). The average Bonchev–Trinajstić information content (AvgIpc) is 2.90. The number of likely N-dealkylation sites (tertiary alicyclic amines) is 1. The first kappa shape index (κ1) is 29.0. The molecule has 1 fully saturated rings. The highest BCUT2D eigenvalue weighted by Gasteiger charge is 2.23. The highest BCUT2D eigenvalue weighted by molar-refractivity contribution is 6.30. The van der Waals surface area contributed by atoms with Gasteiger partial charge in [-0.3, -0.25) is 9.69 Å². The number of benzene rings is 2. The van der Waals surface area contributed by atoms with Gasteiger partial charge in [0.2, 0.25) is 0 Å².